The summed E-state index contributed by atoms with van der Waals surface area (Å²) in [4.78, 5) is 37.6. The van der Waals surface area contributed by atoms with E-state index in [4.69, 9.17) is 18.5 Å². The minimum Gasteiger partial charge on any atom is -0.756 e. The van der Waals surface area contributed by atoms with E-state index in [1.54, 1.807) is 0 Å². The number of phosphoric acid groups is 1. The van der Waals surface area contributed by atoms with Crippen LogP contribution in [0, 0.1) is 0 Å². The number of carbonyl (C=O) groups is 2. The summed E-state index contributed by atoms with van der Waals surface area (Å²) in [5.41, 5.74) is 0. The fourth-order valence-electron chi connectivity index (χ4n) is 6.26. The van der Waals surface area contributed by atoms with Crippen LogP contribution in [0.1, 0.15) is 181 Å². The molecule has 0 fully saturated rings. The zero-order chi connectivity index (χ0) is 47.1. The molecule has 0 aromatic rings. The van der Waals surface area contributed by atoms with E-state index in [0.29, 0.717) is 17.4 Å². The second-order valence-electron chi connectivity index (χ2n) is 17.5. The van der Waals surface area contributed by atoms with Gasteiger partial charge in [-0.2, -0.15) is 0 Å². The number of hydrogen-bond acceptors (Lipinski definition) is 8. The molecule has 2 atom stereocenters. The number of ether oxygens (including phenoxy) is 2. The first-order chi connectivity index (χ1) is 31.0. The molecule has 0 N–H and O–H groups in total. The van der Waals surface area contributed by atoms with E-state index in [0.717, 1.165) is 96.3 Å². The maximum absolute atomic E-state index is 12.7. The molecule has 0 rings (SSSR count). The second kappa shape index (κ2) is 45.1. The van der Waals surface area contributed by atoms with Crippen LogP contribution in [0.2, 0.25) is 0 Å². The Bertz CT molecular complexity index is 1400. The standard InChI is InChI=1S/C54H92NO8P/c1-6-8-10-12-14-16-18-19-20-21-22-23-24-25-26-27-28-29-30-31-32-33-34-35-37-39-41-43-45-47-54(57)63-52(51-62-64(58,59)61-49-48-55(3,4)5)50-60-53(56)46-44-42-40-38-36-17-15-13-11-9-7-2/h8,10,14,16,19-20,22-23,25-26,28-29,31-32,34-35,52H,6-7,9,11-13,15,17-18,21,24,27,30,33,36-51H2,1-5H3/b10-8-,16-14-,20-19-,23-22-,26-25-,29-28-,32-31-,35-34-. The third-order valence-electron chi connectivity index (χ3n) is 10.1. The number of quaternary nitrogens is 1. The summed E-state index contributed by atoms with van der Waals surface area (Å²) in [6.45, 7) is 4.06. The molecule has 0 heterocycles. The highest BCUT2D eigenvalue weighted by atomic mass is 31.2. The van der Waals surface area contributed by atoms with Gasteiger partial charge >= 0.3 is 11.9 Å². The predicted molar refractivity (Wildman–Crippen MR) is 268 cm³/mol. The highest BCUT2D eigenvalue weighted by Crippen LogP contribution is 2.38. The average Bonchev–Trinajstić information content (AvgIpc) is 3.25. The van der Waals surface area contributed by atoms with Gasteiger partial charge in [0.05, 0.1) is 27.7 Å². The van der Waals surface area contributed by atoms with Crippen molar-refractivity contribution in [2.45, 2.75) is 187 Å². The van der Waals surface area contributed by atoms with Crippen molar-refractivity contribution in [2.24, 2.45) is 0 Å². The van der Waals surface area contributed by atoms with Crippen LogP contribution in [0.3, 0.4) is 0 Å². The van der Waals surface area contributed by atoms with Crippen LogP contribution in [0.15, 0.2) is 97.2 Å². The number of unbranched alkanes of at least 4 members (excludes halogenated alkanes) is 14. The number of hydrogen-bond donors (Lipinski definition) is 0. The Labute approximate surface area is 392 Å². The lowest BCUT2D eigenvalue weighted by molar-refractivity contribution is -0.870. The molecule has 0 aliphatic rings. The zero-order valence-corrected chi connectivity index (χ0v) is 42.1. The van der Waals surface area contributed by atoms with Crippen LogP contribution in [0.5, 0.6) is 0 Å². The minimum atomic E-state index is -4.64. The molecule has 64 heavy (non-hydrogen) atoms. The molecule has 0 radical (unpaired) electrons. The van der Waals surface area contributed by atoms with Crippen LogP contribution in [0.4, 0.5) is 0 Å². The van der Waals surface area contributed by atoms with Gasteiger partial charge in [-0.3, -0.25) is 14.2 Å². The fourth-order valence-corrected chi connectivity index (χ4v) is 6.99. The zero-order valence-electron chi connectivity index (χ0n) is 41.2. The van der Waals surface area contributed by atoms with E-state index in [1.807, 2.05) is 21.1 Å². The highest BCUT2D eigenvalue weighted by molar-refractivity contribution is 7.45. The molecule has 0 aliphatic heterocycles. The van der Waals surface area contributed by atoms with Gasteiger partial charge in [0.15, 0.2) is 6.10 Å². The lowest BCUT2D eigenvalue weighted by Crippen LogP contribution is -2.37. The normalized spacial score (nSPS) is 14.3. The number of allylic oxidation sites excluding steroid dienone is 16. The molecular formula is C54H92NO8P. The van der Waals surface area contributed by atoms with Crippen LogP contribution >= 0.6 is 7.82 Å². The Balaban J connectivity index is 4.29. The van der Waals surface area contributed by atoms with Gasteiger partial charge in [-0.25, -0.2) is 0 Å². The molecule has 0 aromatic heterocycles. The van der Waals surface area contributed by atoms with Gasteiger partial charge in [-0.05, 0) is 77.0 Å². The number of rotatable bonds is 44. The lowest BCUT2D eigenvalue weighted by atomic mass is 10.1. The van der Waals surface area contributed by atoms with Crippen molar-refractivity contribution >= 4 is 19.8 Å². The average molecular weight is 914 g/mol. The third kappa shape index (κ3) is 48.4. The van der Waals surface area contributed by atoms with Gasteiger partial charge in [0.25, 0.3) is 7.82 Å². The van der Waals surface area contributed by atoms with Crippen LogP contribution in [0.25, 0.3) is 0 Å². The molecule has 10 heteroatoms. The SMILES string of the molecule is CC/C=C\C/C=C\C/C=C\C/C=C\C/C=C\C/C=C\C/C=C\C/C=C\CCCCCCC(=O)OC(COC(=O)CCCCCCCCCCCCC)COP(=O)([O-])OCC[N+](C)(C)C. The first-order valence-corrected chi connectivity index (χ1v) is 26.4. The first-order valence-electron chi connectivity index (χ1n) is 24.9. The minimum absolute atomic E-state index is 0.0404. The Hall–Kier alpha value is -3.07. The van der Waals surface area contributed by atoms with Crippen molar-refractivity contribution in [2.75, 3.05) is 47.5 Å². The number of likely N-dealkylation sites (N-methyl/N-ethyl adjacent to an activating group) is 1. The molecule has 9 nitrogen and oxygen atoms in total. The summed E-state index contributed by atoms with van der Waals surface area (Å²) in [5.74, 6) is -0.870. The third-order valence-corrected chi connectivity index (χ3v) is 11.1. The van der Waals surface area contributed by atoms with Crippen molar-refractivity contribution < 1.29 is 42.1 Å². The van der Waals surface area contributed by atoms with Crippen LogP contribution in [-0.2, 0) is 32.7 Å². The van der Waals surface area contributed by atoms with E-state index >= 15 is 0 Å². The molecule has 0 saturated heterocycles. The van der Waals surface area contributed by atoms with E-state index in [9.17, 15) is 19.0 Å². The van der Waals surface area contributed by atoms with Crippen molar-refractivity contribution in [1.82, 2.24) is 0 Å². The first kappa shape index (κ1) is 60.9. The maximum atomic E-state index is 12.7. The van der Waals surface area contributed by atoms with Gasteiger partial charge in [0, 0.05) is 12.8 Å². The summed E-state index contributed by atoms with van der Waals surface area (Å²) >= 11 is 0. The topological polar surface area (TPSA) is 111 Å². The lowest BCUT2D eigenvalue weighted by Gasteiger charge is -2.28. The Morgan fingerprint density at radius 3 is 1.33 bits per heavy atom. The summed E-state index contributed by atoms with van der Waals surface area (Å²) < 4.78 is 33.9. The van der Waals surface area contributed by atoms with Gasteiger partial charge in [0.1, 0.15) is 19.8 Å². The van der Waals surface area contributed by atoms with Crippen molar-refractivity contribution in [3.05, 3.63) is 97.2 Å². The summed E-state index contributed by atoms with van der Waals surface area (Å²) in [6.07, 6.45) is 60.1. The number of nitrogens with zero attached hydrogens (tertiary/aromatic N) is 1. The molecule has 0 amide bonds. The number of carbonyl (C=O) groups excluding carboxylic acids is 2. The van der Waals surface area contributed by atoms with Gasteiger partial charge < -0.3 is 27.9 Å². The van der Waals surface area contributed by atoms with Gasteiger partial charge in [0.2, 0.25) is 0 Å². The van der Waals surface area contributed by atoms with Crippen LogP contribution in [-0.4, -0.2) is 70.0 Å². The number of phosphoric ester groups is 1. The molecule has 0 aliphatic carbocycles. The van der Waals surface area contributed by atoms with E-state index in [1.165, 1.54) is 51.4 Å². The van der Waals surface area contributed by atoms with E-state index in [2.05, 4.69) is 111 Å². The van der Waals surface area contributed by atoms with Gasteiger partial charge in [-0.15, -0.1) is 0 Å². The monoisotopic (exact) mass is 914 g/mol. The van der Waals surface area contributed by atoms with Crippen molar-refractivity contribution in [3.63, 3.8) is 0 Å². The second-order valence-corrected chi connectivity index (χ2v) is 18.9. The van der Waals surface area contributed by atoms with Crippen LogP contribution < -0.4 is 4.89 Å². The summed E-state index contributed by atoms with van der Waals surface area (Å²) in [6, 6.07) is 0. The largest absolute Gasteiger partial charge is 0.756 e. The Morgan fingerprint density at radius 1 is 0.500 bits per heavy atom. The van der Waals surface area contributed by atoms with E-state index in [-0.39, 0.29) is 26.1 Å². The quantitative estimate of drug-likeness (QED) is 0.0195. The fraction of sp³-hybridized carbons (Fsp3) is 0.667. The van der Waals surface area contributed by atoms with Crippen molar-refractivity contribution in [3.8, 4) is 0 Å². The summed E-state index contributed by atoms with van der Waals surface area (Å²) in [7, 11) is 1.13. The summed E-state index contributed by atoms with van der Waals surface area (Å²) in [5, 5.41) is 0. The molecule has 2 unspecified atom stereocenters. The number of esters is 2. The van der Waals surface area contributed by atoms with Gasteiger partial charge in [-0.1, -0.05) is 188 Å². The molecule has 0 spiro atoms. The molecule has 366 valence electrons. The van der Waals surface area contributed by atoms with E-state index < -0.39 is 32.5 Å². The smallest absolute Gasteiger partial charge is 0.306 e. The van der Waals surface area contributed by atoms with Crippen molar-refractivity contribution in [1.29, 1.82) is 0 Å². The maximum Gasteiger partial charge on any atom is 0.306 e. The Kier molecular flexibility index (Phi) is 42.9. The molecule has 0 saturated carbocycles. The predicted octanol–water partition coefficient (Wildman–Crippen LogP) is 14.3. The molecular weight excluding hydrogens is 822 g/mol. The molecule has 0 aromatic carbocycles. The Morgan fingerprint density at radius 2 is 0.891 bits per heavy atom. The molecule has 0 bridgehead atoms. The highest BCUT2D eigenvalue weighted by Gasteiger charge is 2.21.